The van der Waals surface area contributed by atoms with Gasteiger partial charge in [-0.15, -0.1) is 0 Å². The molecule has 1 saturated carbocycles. The third-order valence-electron chi connectivity index (χ3n) is 4.40. The molecule has 2 rings (SSSR count). The van der Waals surface area contributed by atoms with Gasteiger partial charge in [-0.25, -0.2) is 0 Å². The van der Waals surface area contributed by atoms with Crippen LogP contribution in [0.2, 0.25) is 0 Å². The Hall–Kier alpha value is -1.09. The average Bonchev–Trinajstić information content (AvgIpc) is 2.43. The molecule has 0 spiro atoms. The predicted octanol–water partition coefficient (Wildman–Crippen LogP) is 4.56. The van der Waals surface area contributed by atoms with Gasteiger partial charge in [0.05, 0.1) is 0 Å². The zero-order valence-corrected chi connectivity index (χ0v) is 13.6. The van der Waals surface area contributed by atoms with Crippen LogP contribution in [0.15, 0.2) is 18.2 Å². The summed E-state index contributed by atoms with van der Waals surface area (Å²) in [7, 11) is 0. The van der Waals surface area contributed by atoms with E-state index in [-0.39, 0.29) is 0 Å². The zero-order valence-electron chi connectivity index (χ0n) is 12.8. The third-order valence-corrected chi connectivity index (χ3v) is 4.62. The lowest BCUT2D eigenvalue weighted by molar-refractivity contribution is 0.306. The van der Waals surface area contributed by atoms with Crippen LogP contribution in [0.5, 0.6) is 0 Å². The molecule has 2 N–H and O–H groups in total. The molecule has 0 unspecified atom stereocenters. The van der Waals surface area contributed by atoms with E-state index in [4.69, 9.17) is 12.2 Å². The second-order valence-electron chi connectivity index (χ2n) is 6.04. The SMILES string of the molecule is CCC1CCC(NC(=S)Nc2cc(C)ccc2C)CC1. The quantitative estimate of drug-likeness (QED) is 0.798. The Morgan fingerprint density at radius 2 is 1.90 bits per heavy atom. The third kappa shape index (κ3) is 4.20. The van der Waals surface area contributed by atoms with Gasteiger partial charge in [-0.3, -0.25) is 0 Å². The van der Waals surface area contributed by atoms with Crippen molar-refractivity contribution >= 4 is 23.0 Å². The highest BCUT2D eigenvalue weighted by Crippen LogP contribution is 2.26. The smallest absolute Gasteiger partial charge is 0.171 e. The second kappa shape index (κ2) is 7.07. The molecule has 20 heavy (non-hydrogen) atoms. The molecule has 0 bridgehead atoms. The molecule has 1 aliphatic rings. The second-order valence-corrected chi connectivity index (χ2v) is 6.45. The summed E-state index contributed by atoms with van der Waals surface area (Å²) in [6, 6.07) is 6.95. The van der Waals surface area contributed by atoms with Gasteiger partial charge < -0.3 is 10.6 Å². The van der Waals surface area contributed by atoms with Crippen LogP contribution in [0.1, 0.15) is 50.2 Å². The molecular weight excluding hydrogens is 264 g/mol. The molecule has 110 valence electrons. The van der Waals surface area contributed by atoms with Gasteiger partial charge in [-0.2, -0.15) is 0 Å². The number of rotatable bonds is 3. The van der Waals surface area contributed by atoms with Crippen molar-refractivity contribution in [2.75, 3.05) is 5.32 Å². The van der Waals surface area contributed by atoms with Crippen LogP contribution in [-0.2, 0) is 0 Å². The van der Waals surface area contributed by atoms with Crippen LogP contribution >= 0.6 is 12.2 Å². The Bertz CT molecular complexity index is 462. The standard InChI is InChI=1S/C17H26N2S/c1-4-14-7-9-15(10-8-14)18-17(20)19-16-11-12(2)5-6-13(16)3/h5-6,11,14-15H,4,7-10H2,1-3H3,(H2,18,19,20). The molecule has 0 amide bonds. The number of hydrogen-bond donors (Lipinski definition) is 2. The minimum atomic E-state index is 0.544. The van der Waals surface area contributed by atoms with E-state index in [0.29, 0.717) is 6.04 Å². The van der Waals surface area contributed by atoms with E-state index in [2.05, 4.69) is 49.6 Å². The maximum absolute atomic E-state index is 5.46. The first kappa shape index (κ1) is 15.3. The van der Waals surface area contributed by atoms with Crippen molar-refractivity contribution in [1.29, 1.82) is 0 Å². The van der Waals surface area contributed by atoms with Crippen LogP contribution in [0.3, 0.4) is 0 Å². The van der Waals surface area contributed by atoms with Gasteiger partial charge in [0.25, 0.3) is 0 Å². The van der Waals surface area contributed by atoms with E-state index in [9.17, 15) is 0 Å². The Kier molecular flexibility index (Phi) is 5.41. The molecular formula is C17H26N2S. The van der Waals surface area contributed by atoms with Crippen LogP contribution in [0, 0.1) is 19.8 Å². The number of thiocarbonyl (C=S) groups is 1. The summed E-state index contributed by atoms with van der Waals surface area (Å²) in [6.45, 7) is 6.51. The van der Waals surface area contributed by atoms with Crippen molar-refractivity contribution in [2.24, 2.45) is 5.92 Å². The van der Waals surface area contributed by atoms with Gasteiger partial charge in [-0.1, -0.05) is 25.5 Å². The van der Waals surface area contributed by atoms with Gasteiger partial charge in [0, 0.05) is 11.7 Å². The summed E-state index contributed by atoms with van der Waals surface area (Å²) in [6.07, 6.45) is 6.47. The largest absolute Gasteiger partial charge is 0.360 e. The maximum Gasteiger partial charge on any atom is 0.171 e. The molecule has 0 heterocycles. The fraction of sp³-hybridized carbons (Fsp3) is 0.588. The van der Waals surface area contributed by atoms with Crippen molar-refractivity contribution in [1.82, 2.24) is 5.32 Å². The number of nitrogens with one attached hydrogen (secondary N) is 2. The van der Waals surface area contributed by atoms with E-state index in [0.717, 1.165) is 16.7 Å². The summed E-state index contributed by atoms with van der Waals surface area (Å²) in [5.74, 6) is 0.925. The molecule has 1 aromatic rings. The van der Waals surface area contributed by atoms with Crippen LogP contribution < -0.4 is 10.6 Å². The Labute approximate surface area is 128 Å². The minimum absolute atomic E-state index is 0.544. The van der Waals surface area contributed by atoms with Gasteiger partial charge in [0.15, 0.2) is 5.11 Å². The van der Waals surface area contributed by atoms with Gasteiger partial charge in [0.1, 0.15) is 0 Å². The van der Waals surface area contributed by atoms with Crippen LogP contribution in [-0.4, -0.2) is 11.2 Å². The number of aryl methyl sites for hydroxylation is 2. The van der Waals surface area contributed by atoms with E-state index < -0.39 is 0 Å². The van der Waals surface area contributed by atoms with Crippen molar-refractivity contribution in [3.05, 3.63) is 29.3 Å². The number of anilines is 1. The molecule has 2 nitrogen and oxygen atoms in total. The lowest BCUT2D eigenvalue weighted by Crippen LogP contribution is -2.40. The monoisotopic (exact) mass is 290 g/mol. The highest BCUT2D eigenvalue weighted by atomic mass is 32.1. The summed E-state index contributed by atoms with van der Waals surface area (Å²) in [4.78, 5) is 0. The van der Waals surface area contributed by atoms with Crippen molar-refractivity contribution < 1.29 is 0 Å². The first-order valence-corrected chi connectivity index (χ1v) is 8.14. The first-order chi connectivity index (χ1) is 9.58. The molecule has 1 fully saturated rings. The average molecular weight is 290 g/mol. The first-order valence-electron chi connectivity index (χ1n) is 7.73. The van der Waals surface area contributed by atoms with Gasteiger partial charge in [0.2, 0.25) is 0 Å². The molecule has 0 atom stereocenters. The summed E-state index contributed by atoms with van der Waals surface area (Å²) in [5, 5.41) is 7.59. The predicted molar refractivity (Wildman–Crippen MR) is 91.3 cm³/mol. The van der Waals surface area contributed by atoms with Crippen molar-refractivity contribution in [3.8, 4) is 0 Å². The lowest BCUT2D eigenvalue weighted by atomic mass is 9.85. The highest BCUT2D eigenvalue weighted by Gasteiger charge is 2.20. The summed E-state index contributed by atoms with van der Waals surface area (Å²) >= 11 is 5.46. The molecule has 0 saturated heterocycles. The molecule has 1 aromatic carbocycles. The Balaban J connectivity index is 1.85. The van der Waals surface area contributed by atoms with Crippen molar-refractivity contribution in [3.63, 3.8) is 0 Å². The molecule has 0 radical (unpaired) electrons. The lowest BCUT2D eigenvalue weighted by Gasteiger charge is -2.29. The van der Waals surface area contributed by atoms with Gasteiger partial charge >= 0.3 is 0 Å². The Morgan fingerprint density at radius 1 is 1.20 bits per heavy atom. The minimum Gasteiger partial charge on any atom is -0.360 e. The highest BCUT2D eigenvalue weighted by molar-refractivity contribution is 7.80. The fourth-order valence-corrected chi connectivity index (χ4v) is 3.21. The maximum atomic E-state index is 5.46. The van der Waals surface area contributed by atoms with Gasteiger partial charge in [-0.05, 0) is 74.9 Å². The normalized spacial score (nSPS) is 22.4. The zero-order chi connectivity index (χ0) is 14.5. The van der Waals surface area contributed by atoms with E-state index >= 15 is 0 Å². The molecule has 0 aliphatic heterocycles. The van der Waals surface area contributed by atoms with Crippen molar-refractivity contribution in [2.45, 2.75) is 58.9 Å². The summed E-state index contributed by atoms with van der Waals surface area (Å²) < 4.78 is 0. The number of hydrogen-bond acceptors (Lipinski definition) is 1. The summed E-state index contributed by atoms with van der Waals surface area (Å²) in [5.41, 5.74) is 3.60. The molecule has 0 aromatic heterocycles. The topological polar surface area (TPSA) is 24.1 Å². The molecule has 3 heteroatoms. The van der Waals surface area contributed by atoms with E-state index in [1.807, 2.05) is 0 Å². The van der Waals surface area contributed by atoms with Crippen LogP contribution in [0.25, 0.3) is 0 Å². The van der Waals surface area contributed by atoms with Crippen LogP contribution in [0.4, 0.5) is 5.69 Å². The Morgan fingerprint density at radius 3 is 2.55 bits per heavy atom. The number of benzene rings is 1. The van der Waals surface area contributed by atoms with E-state index in [1.165, 1.54) is 43.2 Å². The fourth-order valence-electron chi connectivity index (χ4n) is 2.93. The van der Waals surface area contributed by atoms with E-state index in [1.54, 1.807) is 0 Å². The molecule has 1 aliphatic carbocycles.